The maximum atomic E-state index is 11.0. The molecule has 10 heteroatoms. The lowest BCUT2D eigenvalue weighted by Gasteiger charge is -2.21. The summed E-state index contributed by atoms with van der Waals surface area (Å²) in [5, 5.41) is 31.6. The van der Waals surface area contributed by atoms with Crippen LogP contribution in [0, 0.1) is 0 Å². The first kappa shape index (κ1) is 20.2. The van der Waals surface area contributed by atoms with E-state index in [0.717, 1.165) is 0 Å². The van der Waals surface area contributed by atoms with Crippen molar-refractivity contribution in [1.29, 1.82) is 0 Å². The zero-order valence-corrected chi connectivity index (χ0v) is 13.8. The minimum Gasteiger partial charge on any atom is -0.504 e. The third kappa shape index (κ3) is 6.65. The number of nitrogens with zero attached hydrogens (tertiary/aromatic N) is 2. The summed E-state index contributed by atoms with van der Waals surface area (Å²) in [5.74, 6) is -2.59. The average molecular weight is 354 g/mol. The molecule has 0 aliphatic rings. The Labute approximate surface area is 144 Å². The van der Waals surface area contributed by atoms with Crippen LogP contribution in [0.15, 0.2) is 12.1 Å². The Hall–Kier alpha value is -2.85. The maximum absolute atomic E-state index is 11.0. The van der Waals surface area contributed by atoms with Gasteiger partial charge in [-0.3, -0.25) is 24.2 Å². The van der Waals surface area contributed by atoms with E-state index in [1.807, 2.05) is 0 Å². The molecule has 0 bridgehead atoms. The summed E-state index contributed by atoms with van der Waals surface area (Å²) in [5.41, 5.74) is 5.78. The number of carboxylic acid groups (broad SMARTS) is 1. The Bertz CT molecular complexity index is 621. The number of phenols is 2. The normalized spacial score (nSPS) is 10.8. The molecule has 0 aliphatic carbocycles. The molecule has 6 N–H and O–H groups in total. The Morgan fingerprint density at radius 3 is 2.20 bits per heavy atom. The van der Waals surface area contributed by atoms with Crippen molar-refractivity contribution in [2.24, 2.45) is 5.73 Å². The second kappa shape index (κ2) is 9.45. The van der Waals surface area contributed by atoms with Gasteiger partial charge in [-0.05, 0) is 7.05 Å². The van der Waals surface area contributed by atoms with Gasteiger partial charge in [0.1, 0.15) is 0 Å². The van der Waals surface area contributed by atoms with Crippen molar-refractivity contribution in [3.8, 4) is 11.5 Å². The molecule has 0 radical (unpaired) electrons. The summed E-state index contributed by atoms with van der Waals surface area (Å²) in [4.78, 5) is 35.1. The van der Waals surface area contributed by atoms with Crippen LogP contribution in [-0.2, 0) is 27.5 Å². The summed E-state index contributed by atoms with van der Waals surface area (Å²) in [6.45, 7) is -0.284. The molecule has 1 aromatic rings. The molecule has 0 spiro atoms. The highest BCUT2D eigenvalue weighted by Crippen LogP contribution is 2.34. The predicted molar refractivity (Wildman–Crippen MR) is 87.4 cm³/mol. The van der Waals surface area contributed by atoms with E-state index >= 15 is 0 Å². The Morgan fingerprint density at radius 2 is 1.72 bits per heavy atom. The largest absolute Gasteiger partial charge is 0.504 e. The summed E-state index contributed by atoms with van der Waals surface area (Å²) in [7, 11) is 1.71. The highest BCUT2D eigenvalue weighted by atomic mass is 16.4. The number of aliphatic carboxylic acids is 1. The minimum absolute atomic E-state index is 0.0720. The average Bonchev–Trinajstić information content (AvgIpc) is 2.51. The number of hydrogen-bond acceptors (Lipinski definition) is 7. The number of rotatable bonds is 11. The van der Waals surface area contributed by atoms with E-state index in [1.54, 1.807) is 18.0 Å². The Morgan fingerprint density at radius 1 is 1.16 bits per heavy atom. The summed E-state index contributed by atoms with van der Waals surface area (Å²) >= 11 is 0. The van der Waals surface area contributed by atoms with Crippen LogP contribution >= 0.6 is 0 Å². The van der Waals surface area contributed by atoms with Crippen molar-refractivity contribution in [1.82, 2.24) is 15.1 Å². The molecule has 2 amide bonds. The Balaban J connectivity index is 2.90. The van der Waals surface area contributed by atoms with Crippen LogP contribution in [0.3, 0.4) is 0 Å². The molecule has 1 rings (SSSR count). The number of aromatic hydroxyl groups is 2. The molecule has 0 saturated heterocycles. The fourth-order valence-corrected chi connectivity index (χ4v) is 2.28. The Kier molecular flexibility index (Phi) is 7.63. The van der Waals surface area contributed by atoms with Gasteiger partial charge in [-0.1, -0.05) is 12.1 Å². The number of primary amides is 1. The van der Waals surface area contributed by atoms with Gasteiger partial charge in [0.05, 0.1) is 19.8 Å². The van der Waals surface area contributed by atoms with Gasteiger partial charge in [-0.15, -0.1) is 0 Å². The number of amides is 2. The standard InChI is InChI=1S/C15H22N4O6/c1-18(8-17-9-20)4-10-2-3-11(15(25)14(10)24)5-19(6-12(16)21)7-13(22)23/h2-3,9,24-25H,4-8H2,1H3,(H2,16,21)(H,17,20)(H,22,23). The first-order valence-corrected chi connectivity index (χ1v) is 7.35. The van der Waals surface area contributed by atoms with E-state index in [-0.39, 0.29) is 37.6 Å². The topological polar surface area (TPSA) is 156 Å². The summed E-state index contributed by atoms with van der Waals surface area (Å²) < 4.78 is 0. The van der Waals surface area contributed by atoms with Crippen LogP contribution in [0.1, 0.15) is 11.1 Å². The number of carbonyl (C=O) groups is 3. The molecular weight excluding hydrogens is 332 g/mol. The van der Waals surface area contributed by atoms with Crippen LogP contribution in [0.25, 0.3) is 0 Å². The van der Waals surface area contributed by atoms with Crippen molar-refractivity contribution in [3.63, 3.8) is 0 Å². The number of phenolic OH excluding ortho intramolecular Hbond substituents is 2. The molecule has 25 heavy (non-hydrogen) atoms. The van der Waals surface area contributed by atoms with Crippen molar-refractivity contribution < 1.29 is 29.7 Å². The SMILES string of the molecule is CN(CNC=O)Cc1ccc(CN(CC(N)=O)CC(=O)O)c(O)c1O. The van der Waals surface area contributed by atoms with Crippen molar-refractivity contribution in [2.75, 3.05) is 26.8 Å². The van der Waals surface area contributed by atoms with E-state index in [2.05, 4.69) is 5.32 Å². The van der Waals surface area contributed by atoms with Gasteiger partial charge in [-0.25, -0.2) is 0 Å². The van der Waals surface area contributed by atoms with E-state index in [4.69, 9.17) is 10.8 Å². The molecule has 138 valence electrons. The number of nitrogens with one attached hydrogen (secondary N) is 1. The van der Waals surface area contributed by atoms with Gasteiger partial charge in [-0.2, -0.15) is 0 Å². The lowest BCUT2D eigenvalue weighted by Crippen LogP contribution is -2.36. The van der Waals surface area contributed by atoms with Gasteiger partial charge in [0.2, 0.25) is 12.3 Å². The fourth-order valence-electron chi connectivity index (χ4n) is 2.28. The number of carboxylic acids is 1. The van der Waals surface area contributed by atoms with Gasteiger partial charge >= 0.3 is 5.97 Å². The molecule has 0 atom stereocenters. The lowest BCUT2D eigenvalue weighted by atomic mass is 10.1. The van der Waals surface area contributed by atoms with Crippen LogP contribution < -0.4 is 11.1 Å². The highest BCUT2D eigenvalue weighted by molar-refractivity contribution is 5.77. The molecule has 0 aliphatic heterocycles. The number of benzene rings is 1. The van der Waals surface area contributed by atoms with Crippen molar-refractivity contribution >= 4 is 18.3 Å². The highest BCUT2D eigenvalue weighted by Gasteiger charge is 2.18. The quantitative estimate of drug-likeness (QED) is 0.185. The van der Waals surface area contributed by atoms with E-state index in [1.165, 1.54) is 11.0 Å². The monoisotopic (exact) mass is 354 g/mol. The first-order valence-electron chi connectivity index (χ1n) is 7.35. The van der Waals surface area contributed by atoms with Crippen LogP contribution in [0.5, 0.6) is 11.5 Å². The molecule has 1 aromatic carbocycles. The molecule has 0 fully saturated rings. The van der Waals surface area contributed by atoms with Crippen molar-refractivity contribution in [3.05, 3.63) is 23.3 Å². The summed E-state index contributed by atoms with van der Waals surface area (Å²) in [6.07, 6.45) is 0.548. The molecule has 0 unspecified atom stereocenters. The van der Waals surface area contributed by atoms with Gasteiger partial charge < -0.3 is 26.4 Å². The number of carbonyl (C=O) groups excluding carboxylic acids is 2. The number of hydrogen-bond donors (Lipinski definition) is 5. The van der Waals surface area contributed by atoms with E-state index in [0.29, 0.717) is 12.0 Å². The van der Waals surface area contributed by atoms with E-state index < -0.39 is 24.2 Å². The van der Waals surface area contributed by atoms with Gasteiger partial charge in [0.25, 0.3) is 0 Å². The number of nitrogens with two attached hydrogens (primary N) is 1. The zero-order chi connectivity index (χ0) is 19.0. The smallest absolute Gasteiger partial charge is 0.317 e. The lowest BCUT2D eigenvalue weighted by molar-refractivity contribution is -0.138. The predicted octanol–water partition coefficient (Wildman–Crippen LogP) is -1.39. The second-order valence-corrected chi connectivity index (χ2v) is 5.58. The molecular formula is C15H22N4O6. The fraction of sp³-hybridized carbons (Fsp3) is 0.400. The van der Waals surface area contributed by atoms with Gasteiger partial charge in [0, 0.05) is 24.2 Å². The van der Waals surface area contributed by atoms with Crippen molar-refractivity contribution in [2.45, 2.75) is 13.1 Å². The summed E-state index contributed by atoms with van der Waals surface area (Å²) in [6, 6.07) is 3.10. The molecule has 10 nitrogen and oxygen atoms in total. The third-order valence-electron chi connectivity index (χ3n) is 3.34. The van der Waals surface area contributed by atoms with E-state index in [9.17, 15) is 24.6 Å². The van der Waals surface area contributed by atoms with Crippen LogP contribution in [-0.4, -0.2) is 70.2 Å². The zero-order valence-electron chi connectivity index (χ0n) is 13.8. The second-order valence-electron chi connectivity index (χ2n) is 5.58. The molecule has 0 saturated carbocycles. The molecule has 0 aromatic heterocycles. The van der Waals surface area contributed by atoms with Crippen LogP contribution in [0.4, 0.5) is 0 Å². The van der Waals surface area contributed by atoms with Crippen LogP contribution in [0.2, 0.25) is 0 Å². The minimum atomic E-state index is -1.15. The first-order chi connectivity index (χ1) is 11.7. The third-order valence-corrected chi connectivity index (χ3v) is 3.34. The maximum Gasteiger partial charge on any atom is 0.317 e. The molecule has 0 heterocycles. The van der Waals surface area contributed by atoms with Gasteiger partial charge in [0.15, 0.2) is 11.5 Å².